The molecule has 10 rings (SSSR count). The summed E-state index contributed by atoms with van der Waals surface area (Å²) in [5.41, 5.74) is 12.1. The summed E-state index contributed by atoms with van der Waals surface area (Å²) in [5, 5.41) is 5.53. The Kier molecular flexibility index (Phi) is 7.10. The van der Waals surface area contributed by atoms with Crippen molar-refractivity contribution in [3.63, 3.8) is 0 Å². The van der Waals surface area contributed by atoms with Gasteiger partial charge in [-0.1, -0.05) is 152 Å². The molecular weight excluding hydrogens is 633 g/mol. The first kappa shape index (κ1) is 29.8. The molecule has 0 N–H and O–H groups in total. The molecule has 0 fully saturated rings. The summed E-state index contributed by atoms with van der Waals surface area (Å²) >= 11 is 0. The molecule has 4 heteroatoms. The quantitative estimate of drug-likeness (QED) is 0.172. The Labute approximate surface area is 300 Å². The lowest BCUT2D eigenvalue weighted by Crippen LogP contribution is -1.95. The third kappa shape index (κ3) is 5.17. The van der Waals surface area contributed by atoms with Gasteiger partial charge < -0.3 is 0 Å². The van der Waals surface area contributed by atoms with Crippen molar-refractivity contribution in [2.24, 2.45) is 0 Å². The third-order valence-corrected chi connectivity index (χ3v) is 9.87. The Hall–Kier alpha value is -7.04. The number of hydrogen-bond donors (Lipinski definition) is 0. The molecule has 0 saturated carbocycles. The van der Waals surface area contributed by atoms with Crippen LogP contribution in [0.15, 0.2) is 182 Å². The average Bonchev–Trinajstić information content (AvgIpc) is 3.23. The summed E-state index contributed by atoms with van der Waals surface area (Å²) < 4.78 is 0. The fourth-order valence-corrected chi connectivity index (χ4v) is 7.30. The molecule has 0 radical (unpaired) electrons. The van der Waals surface area contributed by atoms with Crippen LogP contribution in [0, 0.1) is 0 Å². The fourth-order valence-electron chi connectivity index (χ4n) is 7.30. The standard InChI is InChI=1S/C48H30N4/c1-4-12-32(13-5-1)41-28-27-39-43(49-41)29-26-38-37-25-24-36(30-44(37)50-47(45(38)39)34-16-8-3-9-17-34)31-20-22-35(23-21-31)48-51-42-19-11-10-18-40(42)46(52-48)33-14-6-2-7-15-33/h1-30H. The summed E-state index contributed by atoms with van der Waals surface area (Å²) in [6, 6.07) is 63.1. The highest BCUT2D eigenvalue weighted by molar-refractivity contribution is 6.21. The molecule has 0 bridgehead atoms. The summed E-state index contributed by atoms with van der Waals surface area (Å²) in [5.74, 6) is 0.709. The van der Waals surface area contributed by atoms with Gasteiger partial charge >= 0.3 is 0 Å². The van der Waals surface area contributed by atoms with E-state index >= 15 is 0 Å². The number of para-hydroxylation sites is 1. The van der Waals surface area contributed by atoms with Gasteiger partial charge in [-0.3, -0.25) is 0 Å². The highest BCUT2D eigenvalue weighted by Gasteiger charge is 2.16. The van der Waals surface area contributed by atoms with Crippen LogP contribution in [0.1, 0.15) is 0 Å². The molecule has 7 aromatic carbocycles. The van der Waals surface area contributed by atoms with E-state index in [4.69, 9.17) is 19.9 Å². The van der Waals surface area contributed by atoms with E-state index in [2.05, 4.69) is 140 Å². The molecule has 0 aliphatic carbocycles. The van der Waals surface area contributed by atoms with E-state index in [1.807, 2.05) is 42.5 Å². The van der Waals surface area contributed by atoms with Gasteiger partial charge in [-0.15, -0.1) is 0 Å². The molecule has 4 nitrogen and oxygen atoms in total. The van der Waals surface area contributed by atoms with Gasteiger partial charge in [0.1, 0.15) is 0 Å². The Morgan fingerprint density at radius 2 is 0.846 bits per heavy atom. The monoisotopic (exact) mass is 662 g/mol. The van der Waals surface area contributed by atoms with Crippen molar-refractivity contribution in [2.45, 2.75) is 0 Å². The Morgan fingerprint density at radius 3 is 1.60 bits per heavy atom. The zero-order valence-electron chi connectivity index (χ0n) is 28.1. The normalized spacial score (nSPS) is 11.5. The predicted octanol–water partition coefficient (Wildman–Crippen LogP) is 12.2. The first-order chi connectivity index (χ1) is 25.8. The van der Waals surface area contributed by atoms with Crippen molar-refractivity contribution in [3.05, 3.63) is 182 Å². The van der Waals surface area contributed by atoms with E-state index in [1.165, 1.54) is 0 Å². The van der Waals surface area contributed by atoms with Gasteiger partial charge in [-0.2, -0.15) is 0 Å². The molecule has 0 unspecified atom stereocenters. The van der Waals surface area contributed by atoms with Gasteiger partial charge in [-0.25, -0.2) is 19.9 Å². The number of benzene rings is 7. The minimum absolute atomic E-state index is 0.709. The SMILES string of the molecule is c1ccc(-c2ccc3c(ccc4c5ccc(-c6ccc(-c7nc(-c8ccccc8)c8ccccc8n7)cc6)cc5nc(-c5ccccc5)c34)n2)cc1. The van der Waals surface area contributed by atoms with E-state index in [-0.39, 0.29) is 0 Å². The average molecular weight is 663 g/mol. The zero-order valence-corrected chi connectivity index (χ0v) is 28.1. The second-order valence-corrected chi connectivity index (χ2v) is 13.0. The molecule has 0 amide bonds. The van der Waals surface area contributed by atoms with E-state index in [0.717, 1.165) is 93.9 Å². The molecule has 3 aromatic heterocycles. The van der Waals surface area contributed by atoms with Crippen LogP contribution in [0.2, 0.25) is 0 Å². The number of aromatic nitrogens is 4. The number of nitrogens with zero attached hydrogens (tertiary/aromatic N) is 4. The molecule has 10 aromatic rings. The van der Waals surface area contributed by atoms with Crippen LogP contribution in [-0.2, 0) is 0 Å². The molecular formula is C48H30N4. The second kappa shape index (κ2) is 12.4. The lowest BCUT2D eigenvalue weighted by atomic mass is 9.94. The van der Waals surface area contributed by atoms with Gasteiger partial charge in [0.05, 0.1) is 33.6 Å². The van der Waals surface area contributed by atoms with Gasteiger partial charge in [0, 0.05) is 43.8 Å². The molecule has 0 spiro atoms. The molecule has 0 aliphatic rings. The first-order valence-corrected chi connectivity index (χ1v) is 17.5. The van der Waals surface area contributed by atoms with Crippen molar-refractivity contribution in [2.75, 3.05) is 0 Å². The van der Waals surface area contributed by atoms with Gasteiger partial charge in [0.15, 0.2) is 5.82 Å². The van der Waals surface area contributed by atoms with Crippen molar-refractivity contribution >= 4 is 43.5 Å². The van der Waals surface area contributed by atoms with Crippen molar-refractivity contribution in [3.8, 4) is 56.3 Å². The van der Waals surface area contributed by atoms with Gasteiger partial charge in [0.25, 0.3) is 0 Å². The van der Waals surface area contributed by atoms with Crippen LogP contribution in [0.4, 0.5) is 0 Å². The van der Waals surface area contributed by atoms with E-state index in [0.29, 0.717) is 5.82 Å². The summed E-state index contributed by atoms with van der Waals surface area (Å²) in [4.78, 5) is 20.5. The maximum Gasteiger partial charge on any atom is 0.160 e. The minimum atomic E-state index is 0.709. The van der Waals surface area contributed by atoms with Crippen LogP contribution in [0.3, 0.4) is 0 Å². The van der Waals surface area contributed by atoms with Crippen molar-refractivity contribution < 1.29 is 0 Å². The summed E-state index contributed by atoms with van der Waals surface area (Å²) in [6.45, 7) is 0. The fraction of sp³-hybridized carbons (Fsp3) is 0. The first-order valence-electron chi connectivity index (χ1n) is 17.5. The van der Waals surface area contributed by atoms with E-state index in [1.54, 1.807) is 0 Å². The summed E-state index contributed by atoms with van der Waals surface area (Å²) in [6.07, 6.45) is 0. The Balaban J connectivity index is 1.08. The van der Waals surface area contributed by atoms with Crippen LogP contribution >= 0.6 is 0 Å². The van der Waals surface area contributed by atoms with Crippen LogP contribution in [0.5, 0.6) is 0 Å². The zero-order chi connectivity index (χ0) is 34.4. The maximum atomic E-state index is 5.38. The topological polar surface area (TPSA) is 51.6 Å². The number of fused-ring (bicyclic) bond motifs is 6. The smallest absolute Gasteiger partial charge is 0.160 e. The molecule has 0 saturated heterocycles. The Bertz CT molecular complexity index is 2920. The number of hydrogen-bond acceptors (Lipinski definition) is 4. The highest BCUT2D eigenvalue weighted by atomic mass is 14.9. The predicted molar refractivity (Wildman–Crippen MR) is 215 cm³/mol. The highest BCUT2D eigenvalue weighted by Crippen LogP contribution is 2.39. The molecule has 242 valence electrons. The Morgan fingerprint density at radius 1 is 0.269 bits per heavy atom. The van der Waals surface area contributed by atoms with E-state index < -0.39 is 0 Å². The molecule has 0 atom stereocenters. The van der Waals surface area contributed by atoms with Gasteiger partial charge in [0.2, 0.25) is 0 Å². The van der Waals surface area contributed by atoms with Gasteiger partial charge in [-0.05, 0) is 46.8 Å². The molecule has 3 heterocycles. The van der Waals surface area contributed by atoms with Crippen LogP contribution in [-0.4, -0.2) is 19.9 Å². The largest absolute Gasteiger partial charge is 0.248 e. The lowest BCUT2D eigenvalue weighted by molar-refractivity contribution is 1.23. The molecule has 52 heavy (non-hydrogen) atoms. The van der Waals surface area contributed by atoms with E-state index in [9.17, 15) is 0 Å². The van der Waals surface area contributed by atoms with Crippen LogP contribution < -0.4 is 0 Å². The van der Waals surface area contributed by atoms with Crippen LogP contribution in [0.25, 0.3) is 99.8 Å². The maximum absolute atomic E-state index is 5.38. The third-order valence-electron chi connectivity index (χ3n) is 9.87. The minimum Gasteiger partial charge on any atom is -0.248 e. The second-order valence-electron chi connectivity index (χ2n) is 13.0. The van der Waals surface area contributed by atoms with Crippen molar-refractivity contribution in [1.82, 2.24) is 19.9 Å². The number of pyridine rings is 2. The van der Waals surface area contributed by atoms with Crippen molar-refractivity contribution in [1.29, 1.82) is 0 Å². The molecule has 0 aliphatic heterocycles. The lowest BCUT2D eigenvalue weighted by Gasteiger charge is -2.14. The number of rotatable bonds is 5. The summed E-state index contributed by atoms with van der Waals surface area (Å²) in [7, 11) is 0.